The van der Waals surface area contributed by atoms with Crippen molar-refractivity contribution in [2.45, 2.75) is 19.4 Å². The van der Waals surface area contributed by atoms with Gasteiger partial charge in [0.25, 0.3) is 5.69 Å². The topological polar surface area (TPSA) is 75.5 Å². The molecule has 1 amide bonds. The molecule has 0 bridgehead atoms. The van der Waals surface area contributed by atoms with Crippen LogP contribution in [-0.2, 0) is 11.2 Å². The first-order valence-electron chi connectivity index (χ1n) is 7.46. The summed E-state index contributed by atoms with van der Waals surface area (Å²) in [5, 5.41) is 13.5. The molecule has 0 saturated heterocycles. The number of hydrogen-bond donors (Lipinski definition) is 1. The third-order valence-corrected chi connectivity index (χ3v) is 4.12. The lowest BCUT2D eigenvalue weighted by Crippen LogP contribution is -2.41. The Bertz CT molecular complexity index is 743. The molecule has 1 N–H and O–H groups in total. The van der Waals surface area contributed by atoms with Gasteiger partial charge in [0.05, 0.1) is 4.92 Å². The molecule has 0 spiro atoms. The number of rotatable bonds is 4. The fourth-order valence-corrected chi connectivity index (χ4v) is 2.82. The highest BCUT2D eigenvalue weighted by molar-refractivity contribution is 5.97. The first kappa shape index (κ1) is 15.0. The zero-order valence-corrected chi connectivity index (χ0v) is 12.7. The quantitative estimate of drug-likeness (QED) is 0.695. The number of amides is 1. The first-order valence-corrected chi connectivity index (χ1v) is 7.46. The lowest BCUT2D eigenvalue weighted by Gasteiger charge is -2.26. The number of fused-ring (bicyclic) bond motifs is 1. The van der Waals surface area contributed by atoms with Crippen molar-refractivity contribution in [3.8, 4) is 0 Å². The Balaban J connectivity index is 1.70. The number of hydrogen-bond acceptors (Lipinski definition) is 4. The highest BCUT2D eigenvalue weighted by atomic mass is 16.6. The van der Waals surface area contributed by atoms with Crippen molar-refractivity contribution >= 4 is 23.0 Å². The summed E-state index contributed by atoms with van der Waals surface area (Å²) in [4.78, 5) is 24.7. The summed E-state index contributed by atoms with van der Waals surface area (Å²) < 4.78 is 0. The summed E-state index contributed by atoms with van der Waals surface area (Å²) >= 11 is 0. The monoisotopic (exact) mass is 311 g/mol. The lowest BCUT2D eigenvalue weighted by atomic mass is 10.1. The Kier molecular flexibility index (Phi) is 3.97. The normalized spacial score (nSPS) is 14.2. The molecular weight excluding hydrogens is 294 g/mol. The van der Waals surface area contributed by atoms with Gasteiger partial charge in [-0.25, -0.2) is 0 Å². The van der Waals surface area contributed by atoms with Gasteiger partial charge in [-0.2, -0.15) is 0 Å². The number of non-ortho nitro benzene ring substituents is 1. The molecule has 6 heteroatoms. The third-order valence-electron chi connectivity index (χ3n) is 4.12. The van der Waals surface area contributed by atoms with Gasteiger partial charge in [-0.1, -0.05) is 18.2 Å². The zero-order valence-electron chi connectivity index (χ0n) is 12.7. The SMILES string of the molecule is C[C@H](C(=O)Nc1ccc([N+](=O)[O-])cc1)N1CCc2ccccc21. The van der Waals surface area contributed by atoms with E-state index in [0.717, 1.165) is 18.7 Å². The average Bonchev–Trinajstić information content (AvgIpc) is 2.98. The van der Waals surface area contributed by atoms with E-state index in [0.29, 0.717) is 5.69 Å². The molecule has 0 aromatic heterocycles. The second-order valence-corrected chi connectivity index (χ2v) is 5.54. The van der Waals surface area contributed by atoms with E-state index >= 15 is 0 Å². The average molecular weight is 311 g/mol. The number of carbonyl (C=O) groups is 1. The zero-order chi connectivity index (χ0) is 16.4. The molecule has 0 fully saturated rings. The molecule has 0 radical (unpaired) electrons. The molecule has 2 aromatic carbocycles. The highest BCUT2D eigenvalue weighted by Gasteiger charge is 2.27. The maximum absolute atomic E-state index is 12.4. The molecule has 0 unspecified atom stereocenters. The van der Waals surface area contributed by atoms with Gasteiger partial charge in [0, 0.05) is 30.1 Å². The van der Waals surface area contributed by atoms with E-state index in [4.69, 9.17) is 0 Å². The van der Waals surface area contributed by atoms with E-state index < -0.39 is 4.92 Å². The van der Waals surface area contributed by atoms with Gasteiger partial charge in [-0.3, -0.25) is 14.9 Å². The van der Waals surface area contributed by atoms with Crippen LogP contribution < -0.4 is 10.2 Å². The smallest absolute Gasteiger partial charge is 0.269 e. The van der Waals surface area contributed by atoms with E-state index in [1.54, 1.807) is 12.1 Å². The minimum absolute atomic E-state index is 0.00418. The molecule has 1 aliphatic heterocycles. The number of anilines is 2. The van der Waals surface area contributed by atoms with Gasteiger partial charge in [0.1, 0.15) is 6.04 Å². The van der Waals surface area contributed by atoms with Crippen LogP contribution in [0.4, 0.5) is 17.1 Å². The molecule has 1 heterocycles. The molecule has 118 valence electrons. The molecule has 0 saturated carbocycles. The first-order chi connectivity index (χ1) is 11.1. The second-order valence-electron chi connectivity index (χ2n) is 5.54. The van der Waals surface area contributed by atoms with Gasteiger partial charge < -0.3 is 10.2 Å². The number of para-hydroxylation sites is 1. The number of nitrogens with one attached hydrogen (secondary N) is 1. The fraction of sp³-hybridized carbons (Fsp3) is 0.235. The standard InChI is InChI=1S/C17H17N3O3/c1-12(19-11-10-13-4-2-3-5-16(13)19)17(21)18-14-6-8-15(9-7-14)20(22)23/h2-9,12H,10-11H2,1H3,(H,18,21)/t12-/m1/s1. The van der Waals surface area contributed by atoms with Crippen molar-refractivity contribution in [2.24, 2.45) is 0 Å². The fourth-order valence-electron chi connectivity index (χ4n) is 2.82. The summed E-state index contributed by atoms with van der Waals surface area (Å²) in [5.41, 5.74) is 2.91. The maximum Gasteiger partial charge on any atom is 0.269 e. The van der Waals surface area contributed by atoms with Crippen molar-refractivity contribution in [2.75, 3.05) is 16.8 Å². The van der Waals surface area contributed by atoms with E-state index in [9.17, 15) is 14.9 Å². The van der Waals surface area contributed by atoms with Crippen LogP contribution in [0.5, 0.6) is 0 Å². The minimum Gasteiger partial charge on any atom is -0.359 e. The molecule has 0 aliphatic carbocycles. The Morgan fingerprint density at radius 3 is 2.61 bits per heavy atom. The van der Waals surface area contributed by atoms with E-state index in [1.807, 2.05) is 25.1 Å². The Morgan fingerprint density at radius 2 is 1.91 bits per heavy atom. The summed E-state index contributed by atoms with van der Waals surface area (Å²) in [6.45, 7) is 2.68. The van der Waals surface area contributed by atoms with Gasteiger partial charge >= 0.3 is 0 Å². The van der Waals surface area contributed by atoms with Gasteiger partial charge in [-0.05, 0) is 37.1 Å². The van der Waals surface area contributed by atoms with Crippen LogP contribution in [0.2, 0.25) is 0 Å². The maximum atomic E-state index is 12.4. The molecule has 6 nitrogen and oxygen atoms in total. The van der Waals surface area contributed by atoms with Crippen LogP contribution >= 0.6 is 0 Å². The van der Waals surface area contributed by atoms with Crippen molar-refractivity contribution < 1.29 is 9.72 Å². The van der Waals surface area contributed by atoms with Crippen molar-refractivity contribution in [3.63, 3.8) is 0 Å². The summed E-state index contributed by atoms with van der Waals surface area (Å²) in [5.74, 6) is -0.129. The van der Waals surface area contributed by atoms with Crippen LogP contribution in [-0.4, -0.2) is 23.4 Å². The van der Waals surface area contributed by atoms with Gasteiger partial charge in [0.15, 0.2) is 0 Å². The lowest BCUT2D eigenvalue weighted by molar-refractivity contribution is -0.384. The van der Waals surface area contributed by atoms with E-state index in [2.05, 4.69) is 16.3 Å². The second kappa shape index (κ2) is 6.08. The van der Waals surface area contributed by atoms with Crippen LogP contribution in [0.25, 0.3) is 0 Å². The number of nitro benzene ring substituents is 1. The van der Waals surface area contributed by atoms with Crippen molar-refractivity contribution in [1.82, 2.24) is 0 Å². The molecule has 1 atom stereocenters. The van der Waals surface area contributed by atoms with Crippen LogP contribution in [0, 0.1) is 10.1 Å². The Labute approximate surface area is 133 Å². The minimum atomic E-state index is -0.463. The van der Waals surface area contributed by atoms with Crippen LogP contribution in [0.3, 0.4) is 0 Å². The number of benzene rings is 2. The Hall–Kier alpha value is -2.89. The predicted octanol–water partition coefficient (Wildman–Crippen LogP) is 2.98. The largest absolute Gasteiger partial charge is 0.359 e. The van der Waals surface area contributed by atoms with Crippen LogP contribution in [0.1, 0.15) is 12.5 Å². The van der Waals surface area contributed by atoms with Gasteiger partial charge in [-0.15, -0.1) is 0 Å². The summed E-state index contributed by atoms with van der Waals surface area (Å²) in [6.07, 6.45) is 0.936. The molecule has 23 heavy (non-hydrogen) atoms. The highest BCUT2D eigenvalue weighted by Crippen LogP contribution is 2.29. The predicted molar refractivity (Wildman–Crippen MR) is 88.7 cm³/mol. The van der Waals surface area contributed by atoms with Crippen molar-refractivity contribution in [1.29, 1.82) is 0 Å². The molecular formula is C17H17N3O3. The van der Waals surface area contributed by atoms with Crippen LogP contribution in [0.15, 0.2) is 48.5 Å². The summed E-state index contributed by atoms with van der Waals surface area (Å²) in [6, 6.07) is 13.6. The van der Waals surface area contributed by atoms with E-state index in [1.165, 1.54) is 17.7 Å². The number of carbonyl (C=O) groups excluding carboxylic acids is 1. The Morgan fingerprint density at radius 1 is 1.22 bits per heavy atom. The summed E-state index contributed by atoms with van der Waals surface area (Å²) in [7, 11) is 0. The molecule has 1 aliphatic rings. The number of nitrogens with zero attached hydrogens (tertiary/aromatic N) is 2. The third kappa shape index (κ3) is 3.01. The van der Waals surface area contributed by atoms with Gasteiger partial charge in [0.2, 0.25) is 5.91 Å². The molecule has 3 rings (SSSR count). The number of nitro groups is 1. The molecule has 2 aromatic rings. The van der Waals surface area contributed by atoms with Crippen molar-refractivity contribution in [3.05, 3.63) is 64.2 Å². The van der Waals surface area contributed by atoms with E-state index in [-0.39, 0.29) is 17.6 Å².